The molecular formula is C21H23NOS. The van der Waals surface area contributed by atoms with Gasteiger partial charge in [0, 0.05) is 17.2 Å². The SMILES string of the molecule is Cc1ccc(SCC2(C)C(=O)N3CCCc4cc(C)cc2c43)cc1. The minimum atomic E-state index is -0.421. The number of thioether (sulfide) groups is 1. The van der Waals surface area contributed by atoms with Crippen molar-refractivity contribution in [3.05, 3.63) is 58.7 Å². The average Bonchev–Trinajstić information content (AvgIpc) is 2.78. The minimum Gasteiger partial charge on any atom is -0.311 e. The van der Waals surface area contributed by atoms with Crippen LogP contribution >= 0.6 is 11.8 Å². The summed E-state index contributed by atoms with van der Waals surface area (Å²) in [6.07, 6.45) is 2.16. The first-order valence-electron chi connectivity index (χ1n) is 8.64. The highest BCUT2D eigenvalue weighted by Crippen LogP contribution is 2.48. The van der Waals surface area contributed by atoms with Crippen LogP contribution in [0.5, 0.6) is 0 Å². The molecule has 2 nitrogen and oxygen atoms in total. The van der Waals surface area contributed by atoms with Gasteiger partial charge in [0.2, 0.25) is 5.91 Å². The second-order valence-electron chi connectivity index (χ2n) is 7.31. The van der Waals surface area contributed by atoms with Gasteiger partial charge in [-0.3, -0.25) is 4.79 Å². The molecule has 0 aliphatic carbocycles. The van der Waals surface area contributed by atoms with Crippen LogP contribution in [0.15, 0.2) is 41.3 Å². The van der Waals surface area contributed by atoms with Crippen molar-refractivity contribution in [2.45, 2.75) is 43.9 Å². The van der Waals surface area contributed by atoms with Crippen LogP contribution in [0, 0.1) is 13.8 Å². The Morgan fingerprint density at radius 1 is 1.12 bits per heavy atom. The predicted molar refractivity (Wildman–Crippen MR) is 101 cm³/mol. The molecule has 0 N–H and O–H groups in total. The summed E-state index contributed by atoms with van der Waals surface area (Å²) in [5.41, 5.74) is 5.92. The number of anilines is 1. The fourth-order valence-corrected chi connectivity index (χ4v) is 5.00. The Bertz CT molecular complexity index is 811. The van der Waals surface area contributed by atoms with Crippen LogP contribution in [0.2, 0.25) is 0 Å². The molecule has 1 unspecified atom stereocenters. The Morgan fingerprint density at radius 2 is 1.88 bits per heavy atom. The van der Waals surface area contributed by atoms with Gasteiger partial charge in [-0.25, -0.2) is 0 Å². The van der Waals surface area contributed by atoms with Gasteiger partial charge in [-0.15, -0.1) is 11.8 Å². The highest BCUT2D eigenvalue weighted by atomic mass is 32.2. The van der Waals surface area contributed by atoms with Crippen molar-refractivity contribution in [2.75, 3.05) is 17.2 Å². The molecule has 2 aromatic rings. The second kappa shape index (κ2) is 5.66. The van der Waals surface area contributed by atoms with Gasteiger partial charge in [0.15, 0.2) is 0 Å². The average molecular weight is 337 g/mol. The van der Waals surface area contributed by atoms with Gasteiger partial charge in [-0.05, 0) is 56.9 Å². The molecule has 24 heavy (non-hydrogen) atoms. The number of hydrogen-bond donors (Lipinski definition) is 0. The number of amides is 1. The van der Waals surface area contributed by atoms with Crippen molar-refractivity contribution in [1.82, 2.24) is 0 Å². The van der Waals surface area contributed by atoms with E-state index in [4.69, 9.17) is 0 Å². The summed E-state index contributed by atoms with van der Waals surface area (Å²) in [4.78, 5) is 16.5. The highest BCUT2D eigenvalue weighted by molar-refractivity contribution is 7.99. The first-order valence-corrected chi connectivity index (χ1v) is 9.63. The van der Waals surface area contributed by atoms with E-state index in [0.29, 0.717) is 0 Å². The Labute approximate surface area is 148 Å². The molecular weight excluding hydrogens is 314 g/mol. The van der Waals surface area contributed by atoms with Crippen LogP contribution in [0.4, 0.5) is 5.69 Å². The lowest BCUT2D eigenvalue weighted by molar-refractivity contribution is -0.122. The largest absolute Gasteiger partial charge is 0.311 e. The smallest absolute Gasteiger partial charge is 0.238 e. The quantitative estimate of drug-likeness (QED) is 0.760. The summed E-state index contributed by atoms with van der Waals surface area (Å²) in [5, 5.41) is 0. The third-order valence-corrected chi connectivity index (χ3v) is 6.62. The van der Waals surface area contributed by atoms with E-state index < -0.39 is 5.41 Å². The van der Waals surface area contributed by atoms with Crippen molar-refractivity contribution in [3.63, 3.8) is 0 Å². The highest BCUT2D eigenvalue weighted by Gasteiger charge is 2.49. The van der Waals surface area contributed by atoms with Crippen LogP contribution < -0.4 is 4.90 Å². The summed E-state index contributed by atoms with van der Waals surface area (Å²) in [5.74, 6) is 1.07. The molecule has 2 aliphatic rings. The summed E-state index contributed by atoms with van der Waals surface area (Å²) < 4.78 is 0. The molecule has 2 heterocycles. The normalized spacial score (nSPS) is 22.0. The third kappa shape index (κ3) is 2.37. The molecule has 2 aliphatic heterocycles. The van der Waals surface area contributed by atoms with E-state index >= 15 is 0 Å². The van der Waals surface area contributed by atoms with Crippen molar-refractivity contribution >= 4 is 23.4 Å². The fourth-order valence-electron chi connectivity index (χ4n) is 3.94. The second-order valence-corrected chi connectivity index (χ2v) is 8.36. The first-order chi connectivity index (χ1) is 11.5. The molecule has 0 radical (unpaired) electrons. The lowest BCUT2D eigenvalue weighted by Crippen LogP contribution is -2.41. The number of hydrogen-bond acceptors (Lipinski definition) is 2. The Kier molecular flexibility index (Phi) is 3.72. The molecule has 1 atom stereocenters. The summed E-state index contributed by atoms with van der Waals surface area (Å²) in [7, 11) is 0. The van der Waals surface area contributed by atoms with E-state index in [-0.39, 0.29) is 5.91 Å². The van der Waals surface area contributed by atoms with E-state index in [1.54, 1.807) is 11.8 Å². The molecule has 1 amide bonds. The maximum Gasteiger partial charge on any atom is 0.238 e. The third-order valence-electron chi connectivity index (χ3n) is 5.29. The van der Waals surface area contributed by atoms with Gasteiger partial charge in [0.1, 0.15) is 0 Å². The van der Waals surface area contributed by atoms with E-state index in [9.17, 15) is 4.79 Å². The Balaban J connectivity index is 1.70. The van der Waals surface area contributed by atoms with Crippen LogP contribution in [0.1, 0.15) is 35.6 Å². The number of carbonyl (C=O) groups excluding carboxylic acids is 1. The molecule has 0 bridgehead atoms. The monoisotopic (exact) mass is 337 g/mol. The number of aryl methyl sites for hydroxylation is 3. The molecule has 0 saturated heterocycles. The van der Waals surface area contributed by atoms with Gasteiger partial charge in [-0.2, -0.15) is 0 Å². The summed E-state index contributed by atoms with van der Waals surface area (Å²) in [6, 6.07) is 13.1. The van der Waals surface area contributed by atoms with Gasteiger partial charge in [0.05, 0.1) is 11.1 Å². The van der Waals surface area contributed by atoms with Crippen LogP contribution in [0.3, 0.4) is 0 Å². The van der Waals surface area contributed by atoms with E-state index in [1.165, 1.54) is 32.8 Å². The molecule has 4 rings (SSSR count). The van der Waals surface area contributed by atoms with Gasteiger partial charge >= 0.3 is 0 Å². The maximum atomic E-state index is 13.2. The Hall–Kier alpha value is -1.74. The van der Waals surface area contributed by atoms with Crippen molar-refractivity contribution in [3.8, 4) is 0 Å². The molecule has 2 aromatic carbocycles. The van der Waals surface area contributed by atoms with Crippen LogP contribution in [0.25, 0.3) is 0 Å². The number of rotatable bonds is 3. The minimum absolute atomic E-state index is 0.281. The van der Waals surface area contributed by atoms with E-state index in [2.05, 4.69) is 57.2 Å². The van der Waals surface area contributed by atoms with E-state index in [1.807, 2.05) is 4.90 Å². The van der Waals surface area contributed by atoms with Crippen molar-refractivity contribution in [2.24, 2.45) is 0 Å². The van der Waals surface area contributed by atoms with E-state index in [0.717, 1.165) is 25.1 Å². The summed E-state index contributed by atoms with van der Waals surface area (Å²) in [6.45, 7) is 7.24. The molecule has 124 valence electrons. The zero-order valence-electron chi connectivity index (χ0n) is 14.6. The number of benzene rings is 2. The number of nitrogens with zero attached hydrogens (tertiary/aromatic N) is 1. The molecule has 3 heteroatoms. The van der Waals surface area contributed by atoms with Gasteiger partial charge < -0.3 is 4.90 Å². The van der Waals surface area contributed by atoms with Crippen LogP contribution in [-0.2, 0) is 16.6 Å². The topological polar surface area (TPSA) is 20.3 Å². The van der Waals surface area contributed by atoms with Gasteiger partial charge in [-0.1, -0.05) is 35.4 Å². The lowest BCUT2D eigenvalue weighted by Gasteiger charge is -2.26. The lowest BCUT2D eigenvalue weighted by atomic mass is 9.84. The molecule has 0 fully saturated rings. The Morgan fingerprint density at radius 3 is 2.62 bits per heavy atom. The molecule has 0 spiro atoms. The van der Waals surface area contributed by atoms with Crippen molar-refractivity contribution < 1.29 is 4.79 Å². The zero-order chi connectivity index (χ0) is 16.9. The fraction of sp³-hybridized carbons (Fsp3) is 0.381. The predicted octanol–water partition coefficient (Wildman–Crippen LogP) is 4.65. The zero-order valence-corrected chi connectivity index (χ0v) is 15.4. The standard InChI is InChI=1S/C21H23NOS/c1-14-6-8-17(9-7-14)24-13-21(3)18-12-15(2)11-16-5-4-10-22(19(16)18)20(21)23/h6-9,11-12H,4-5,10,13H2,1-3H3. The maximum absolute atomic E-state index is 13.2. The molecule has 0 aromatic heterocycles. The summed E-state index contributed by atoms with van der Waals surface area (Å²) >= 11 is 1.79. The van der Waals surface area contributed by atoms with Crippen LogP contribution in [-0.4, -0.2) is 18.2 Å². The molecule has 0 saturated carbocycles. The van der Waals surface area contributed by atoms with Crippen molar-refractivity contribution in [1.29, 1.82) is 0 Å². The van der Waals surface area contributed by atoms with Gasteiger partial charge in [0.25, 0.3) is 0 Å². The number of carbonyl (C=O) groups is 1. The first kappa shape index (κ1) is 15.8.